The van der Waals surface area contributed by atoms with Crippen molar-refractivity contribution in [2.75, 3.05) is 11.8 Å². The van der Waals surface area contributed by atoms with Gasteiger partial charge in [0.15, 0.2) is 0 Å². The third-order valence-corrected chi connectivity index (χ3v) is 6.43. The van der Waals surface area contributed by atoms with Crippen molar-refractivity contribution in [3.05, 3.63) is 81.8 Å². The molecule has 3 rings (SSSR count). The molecule has 3 aromatic rings. The smallest absolute Gasteiger partial charge is 0.262 e. The van der Waals surface area contributed by atoms with E-state index in [-0.39, 0.29) is 10.8 Å². The number of hydrogen-bond donors (Lipinski definition) is 1. The number of nitrogens with one attached hydrogen (secondary N) is 1. The summed E-state index contributed by atoms with van der Waals surface area (Å²) in [5, 5.41) is 3.94. The normalized spacial score (nSPS) is 11.2. The molecule has 5 nitrogen and oxygen atoms in total. The van der Waals surface area contributed by atoms with Crippen LogP contribution in [-0.4, -0.2) is 26.3 Å². The third kappa shape index (κ3) is 4.58. The Hall–Kier alpha value is -2.71. The van der Waals surface area contributed by atoms with Gasteiger partial charge in [-0.3, -0.25) is 9.52 Å². The molecule has 1 amide bonds. The van der Waals surface area contributed by atoms with Crippen LogP contribution in [0.2, 0.25) is 0 Å². The van der Waals surface area contributed by atoms with Crippen LogP contribution in [0.5, 0.6) is 0 Å². The number of anilines is 1. The first-order valence-electron chi connectivity index (χ1n) is 8.42. The fourth-order valence-electron chi connectivity index (χ4n) is 2.75. The number of aryl methyl sites for hydroxylation is 1. The summed E-state index contributed by atoms with van der Waals surface area (Å²) in [4.78, 5) is 14.1. The Morgan fingerprint density at radius 3 is 2.46 bits per heavy atom. The standard InChI is InChI=1S/C20H19FN2O3S2/c1-14-11-17(21)5-8-19(14)28(25,26)22-18-6-3-16(4-7-18)20(24)23(2)12-15-9-10-27-13-15/h3-11,13,22H,12H2,1-2H3. The molecule has 1 N–H and O–H groups in total. The predicted molar refractivity (Wildman–Crippen MR) is 109 cm³/mol. The summed E-state index contributed by atoms with van der Waals surface area (Å²) >= 11 is 1.57. The number of carbonyl (C=O) groups excluding carboxylic acids is 1. The summed E-state index contributed by atoms with van der Waals surface area (Å²) < 4.78 is 40.7. The maximum absolute atomic E-state index is 13.2. The van der Waals surface area contributed by atoms with E-state index in [0.717, 1.165) is 11.6 Å². The monoisotopic (exact) mass is 418 g/mol. The molecule has 0 aliphatic carbocycles. The summed E-state index contributed by atoms with van der Waals surface area (Å²) in [6.07, 6.45) is 0. The van der Waals surface area contributed by atoms with Gasteiger partial charge >= 0.3 is 0 Å². The second kappa shape index (κ2) is 8.12. The van der Waals surface area contributed by atoms with Gasteiger partial charge in [-0.25, -0.2) is 12.8 Å². The molecule has 0 saturated heterocycles. The number of sulfonamides is 1. The molecule has 8 heteroatoms. The summed E-state index contributed by atoms with van der Waals surface area (Å²) in [5.74, 6) is -0.652. The van der Waals surface area contributed by atoms with Crippen molar-refractivity contribution in [2.24, 2.45) is 0 Å². The molecule has 0 unspecified atom stereocenters. The van der Waals surface area contributed by atoms with Crippen LogP contribution in [0.4, 0.5) is 10.1 Å². The van der Waals surface area contributed by atoms with E-state index in [1.54, 1.807) is 35.4 Å². The Morgan fingerprint density at radius 1 is 1.14 bits per heavy atom. The molecule has 0 radical (unpaired) electrons. The van der Waals surface area contributed by atoms with Crippen LogP contribution in [0, 0.1) is 12.7 Å². The largest absolute Gasteiger partial charge is 0.337 e. The van der Waals surface area contributed by atoms with Crippen LogP contribution >= 0.6 is 11.3 Å². The second-order valence-electron chi connectivity index (χ2n) is 6.39. The topological polar surface area (TPSA) is 66.5 Å². The van der Waals surface area contributed by atoms with Crippen molar-refractivity contribution in [3.8, 4) is 0 Å². The molecule has 0 aliphatic rings. The molecular weight excluding hydrogens is 399 g/mol. The molecule has 0 atom stereocenters. The highest BCUT2D eigenvalue weighted by Crippen LogP contribution is 2.21. The van der Waals surface area contributed by atoms with E-state index in [1.165, 1.54) is 31.2 Å². The molecule has 0 aliphatic heterocycles. The summed E-state index contributed by atoms with van der Waals surface area (Å²) in [6.45, 7) is 2.03. The molecule has 0 spiro atoms. The van der Waals surface area contributed by atoms with Crippen LogP contribution in [-0.2, 0) is 16.6 Å². The fourth-order valence-corrected chi connectivity index (χ4v) is 4.70. The highest BCUT2D eigenvalue weighted by atomic mass is 32.2. The van der Waals surface area contributed by atoms with Gasteiger partial charge in [-0.2, -0.15) is 11.3 Å². The summed E-state index contributed by atoms with van der Waals surface area (Å²) in [5.41, 5.74) is 2.15. The van der Waals surface area contributed by atoms with Crippen LogP contribution in [0.1, 0.15) is 21.5 Å². The lowest BCUT2D eigenvalue weighted by Gasteiger charge is -2.17. The fraction of sp³-hybridized carbons (Fsp3) is 0.150. The molecule has 146 valence electrons. The minimum Gasteiger partial charge on any atom is -0.337 e. The highest BCUT2D eigenvalue weighted by molar-refractivity contribution is 7.92. The molecule has 0 bridgehead atoms. The quantitative estimate of drug-likeness (QED) is 0.650. The Morgan fingerprint density at radius 2 is 1.86 bits per heavy atom. The van der Waals surface area contributed by atoms with Crippen molar-refractivity contribution in [1.82, 2.24) is 4.90 Å². The van der Waals surface area contributed by atoms with Gasteiger partial charge in [0.2, 0.25) is 0 Å². The van der Waals surface area contributed by atoms with Crippen molar-refractivity contribution < 1.29 is 17.6 Å². The first kappa shape index (κ1) is 20.0. The number of nitrogens with zero attached hydrogens (tertiary/aromatic N) is 1. The zero-order valence-electron chi connectivity index (χ0n) is 15.3. The molecule has 0 fully saturated rings. The number of rotatable bonds is 6. The molecule has 2 aromatic carbocycles. The van der Waals surface area contributed by atoms with Crippen LogP contribution < -0.4 is 4.72 Å². The van der Waals surface area contributed by atoms with E-state index in [9.17, 15) is 17.6 Å². The maximum atomic E-state index is 13.2. The van der Waals surface area contributed by atoms with E-state index in [1.807, 2.05) is 16.8 Å². The maximum Gasteiger partial charge on any atom is 0.262 e. The zero-order valence-corrected chi connectivity index (χ0v) is 17.0. The number of thiophene rings is 1. The van der Waals surface area contributed by atoms with E-state index in [2.05, 4.69) is 4.72 Å². The van der Waals surface area contributed by atoms with E-state index in [0.29, 0.717) is 23.4 Å². The van der Waals surface area contributed by atoms with Crippen molar-refractivity contribution in [2.45, 2.75) is 18.4 Å². The van der Waals surface area contributed by atoms with Gasteiger partial charge in [0.1, 0.15) is 5.82 Å². The third-order valence-electron chi connectivity index (χ3n) is 4.16. The second-order valence-corrected chi connectivity index (χ2v) is 8.82. The summed E-state index contributed by atoms with van der Waals surface area (Å²) in [7, 11) is -2.14. The van der Waals surface area contributed by atoms with Crippen molar-refractivity contribution >= 4 is 33.0 Å². The first-order chi connectivity index (χ1) is 13.3. The number of hydrogen-bond acceptors (Lipinski definition) is 4. The molecule has 0 saturated carbocycles. The van der Waals surface area contributed by atoms with Crippen LogP contribution in [0.15, 0.2) is 64.2 Å². The van der Waals surface area contributed by atoms with E-state index in [4.69, 9.17) is 0 Å². The van der Waals surface area contributed by atoms with Gasteiger partial charge in [-0.05, 0) is 77.3 Å². The lowest BCUT2D eigenvalue weighted by atomic mass is 10.2. The van der Waals surface area contributed by atoms with Crippen molar-refractivity contribution in [1.29, 1.82) is 0 Å². The van der Waals surface area contributed by atoms with Gasteiger partial charge in [-0.15, -0.1) is 0 Å². The molecule has 1 heterocycles. The van der Waals surface area contributed by atoms with Crippen LogP contribution in [0.3, 0.4) is 0 Å². The van der Waals surface area contributed by atoms with E-state index >= 15 is 0 Å². The summed E-state index contributed by atoms with van der Waals surface area (Å²) in [6, 6.07) is 11.7. The molecule has 1 aromatic heterocycles. The van der Waals surface area contributed by atoms with Gasteiger partial charge in [0.05, 0.1) is 4.90 Å². The number of benzene rings is 2. The number of halogens is 1. The highest BCUT2D eigenvalue weighted by Gasteiger charge is 2.18. The average molecular weight is 419 g/mol. The SMILES string of the molecule is Cc1cc(F)ccc1S(=O)(=O)Nc1ccc(C(=O)N(C)Cc2ccsc2)cc1. The number of carbonyl (C=O) groups is 1. The Kier molecular flexibility index (Phi) is 5.81. The number of amides is 1. The average Bonchev–Trinajstić information content (AvgIpc) is 3.14. The molecule has 28 heavy (non-hydrogen) atoms. The van der Waals surface area contributed by atoms with Gasteiger partial charge in [0, 0.05) is 24.8 Å². The first-order valence-corrected chi connectivity index (χ1v) is 10.8. The van der Waals surface area contributed by atoms with Gasteiger partial charge in [-0.1, -0.05) is 0 Å². The van der Waals surface area contributed by atoms with Gasteiger partial charge < -0.3 is 4.90 Å². The zero-order chi connectivity index (χ0) is 20.3. The molecular formula is C20H19FN2O3S2. The Bertz CT molecular complexity index is 1080. The minimum atomic E-state index is -3.86. The van der Waals surface area contributed by atoms with Crippen molar-refractivity contribution in [3.63, 3.8) is 0 Å². The lowest BCUT2D eigenvalue weighted by Crippen LogP contribution is -2.26. The minimum absolute atomic E-state index is 0.00421. The van der Waals surface area contributed by atoms with Gasteiger partial charge in [0.25, 0.3) is 15.9 Å². The van der Waals surface area contributed by atoms with E-state index < -0.39 is 15.8 Å². The predicted octanol–water partition coefficient (Wildman–Crippen LogP) is 4.27. The lowest BCUT2D eigenvalue weighted by molar-refractivity contribution is 0.0785. The Balaban J connectivity index is 1.72. The van der Waals surface area contributed by atoms with Crippen LogP contribution in [0.25, 0.3) is 0 Å². The Labute approximate surface area is 167 Å².